The fourth-order valence-corrected chi connectivity index (χ4v) is 3.03. The molecule has 0 saturated carbocycles. The molecule has 0 spiro atoms. The highest BCUT2D eigenvalue weighted by atomic mass is 35.5. The minimum absolute atomic E-state index is 0.0466. The summed E-state index contributed by atoms with van der Waals surface area (Å²) in [6, 6.07) is 11.5. The second kappa shape index (κ2) is 6.46. The van der Waals surface area contributed by atoms with Crippen molar-refractivity contribution in [3.63, 3.8) is 0 Å². The predicted molar refractivity (Wildman–Crippen MR) is 84.8 cm³/mol. The Labute approximate surface area is 130 Å². The Bertz CT molecular complexity index is 600. The lowest BCUT2D eigenvalue weighted by Crippen LogP contribution is -2.36. The van der Waals surface area contributed by atoms with Crippen molar-refractivity contribution in [1.29, 1.82) is 0 Å². The number of nitrogens with two attached hydrogens (primary N) is 1. The molecule has 1 aliphatic rings. The zero-order valence-electron chi connectivity index (χ0n) is 11.8. The fraction of sp³-hybridized carbons (Fsp3) is 0.353. The van der Waals surface area contributed by atoms with Crippen LogP contribution in [0.1, 0.15) is 30.0 Å². The lowest BCUT2D eigenvalue weighted by atomic mass is 9.82. The molecule has 1 aromatic heterocycles. The summed E-state index contributed by atoms with van der Waals surface area (Å²) < 4.78 is 5.78. The van der Waals surface area contributed by atoms with E-state index in [2.05, 4.69) is 11.1 Å². The van der Waals surface area contributed by atoms with Gasteiger partial charge >= 0.3 is 0 Å². The summed E-state index contributed by atoms with van der Waals surface area (Å²) in [5.41, 5.74) is 8.83. The van der Waals surface area contributed by atoms with Crippen molar-refractivity contribution in [2.75, 3.05) is 6.61 Å². The number of hydrogen-bond acceptors (Lipinski definition) is 3. The Morgan fingerprint density at radius 1 is 1.29 bits per heavy atom. The average molecular weight is 303 g/mol. The minimum atomic E-state index is -0.0466. The summed E-state index contributed by atoms with van der Waals surface area (Å²) in [5, 5.41) is 0.706. The highest BCUT2D eigenvalue weighted by Gasteiger charge is 2.27. The molecule has 0 radical (unpaired) electrons. The van der Waals surface area contributed by atoms with Crippen molar-refractivity contribution < 1.29 is 4.74 Å². The first-order valence-electron chi connectivity index (χ1n) is 7.32. The first-order chi connectivity index (χ1) is 10.2. The number of nitrogens with zero attached hydrogens (tertiary/aromatic N) is 1. The number of aryl methyl sites for hydroxylation is 1. The molecule has 21 heavy (non-hydrogen) atoms. The third-order valence-electron chi connectivity index (χ3n) is 4.01. The largest absolute Gasteiger partial charge is 0.492 e. The normalized spacial score (nSPS) is 18.9. The van der Waals surface area contributed by atoms with Crippen LogP contribution >= 0.6 is 11.6 Å². The standard InChI is InChI=1S/C17H19ClN2O/c18-13-6-8-14(9-7-13)21-11-16(19)15-5-1-3-12-4-2-10-20-17(12)15/h2,4,6-10,15-16H,1,3,5,11,19H2. The first kappa shape index (κ1) is 14.4. The zero-order chi connectivity index (χ0) is 14.7. The molecule has 2 unspecified atom stereocenters. The maximum Gasteiger partial charge on any atom is 0.119 e. The van der Waals surface area contributed by atoms with Gasteiger partial charge in [0.25, 0.3) is 0 Å². The van der Waals surface area contributed by atoms with Gasteiger partial charge in [0, 0.05) is 28.9 Å². The molecule has 0 fully saturated rings. The molecular formula is C17H19ClN2O. The zero-order valence-corrected chi connectivity index (χ0v) is 12.6. The van der Waals surface area contributed by atoms with Gasteiger partial charge in [-0.2, -0.15) is 0 Å². The monoisotopic (exact) mass is 302 g/mol. The Morgan fingerprint density at radius 3 is 2.90 bits per heavy atom. The summed E-state index contributed by atoms with van der Waals surface area (Å²) in [4.78, 5) is 4.54. The van der Waals surface area contributed by atoms with Crippen molar-refractivity contribution in [2.24, 2.45) is 5.73 Å². The van der Waals surface area contributed by atoms with E-state index in [0.29, 0.717) is 11.6 Å². The smallest absolute Gasteiger partial charge is 0.119 e. The van der Waals surface area contributed by atoms with E-state index in [-0.39, 0.29) is 12.0 Å². The molecule has 0 aliphatic heterocycles. The van der Waals surface area contributed by atoms with Crippen molar-refractivity contribution in [3.8, 4) is 5.75 Å². The molecular weight excluding hydrogens is 284 g/mol. The molecule has 1 heterocycles. The lowest BCUT2D eigenvalue weighted by molar-refractivity contribution is 0.260. The van der Waals surface area contributed by atoms with Crippen LogP contribution in [0, 0.1) is 0 Å². The van der Waals surface area contributed by atoms with Crippen molar-refractivity contribution in [1.82, 2.24) is 4.98 Å². The molecule has 2 aromatic rings. The predicted octanol–water partition coefficient (Wildman–Crippen LogP) is 3.56. The second-order valence-corrected chi connectivity index (χ2v) is 5.91. The molecule has 4 heteroatoms. The maximum atomic E-state index is 6.35. The van der Waals surface area contributed by atoms with Gasteiger partial charge < -0.3 is 10.5 Å². The quantitative estimate of drug-likeness (QED) is 0.939. The average Bonchev–Trinajstić information content (AvgIpc) is 2.53. The van der Waals surface area contributed by atoms with Crippen LogP contribution in [-0.4, -0.2) is 17.6 Å². The minimum Gasteiger partial charge on any atom is -0.492 e. The molecule has 0 saturated heterocycles. The topological polar surface area (TPSA) is 48.1 Å². The number of aromatic nitrogens is 1. The van der Waals surface area contributed by atoms with Gasteiger partial charge in [0.1, 0.15) is 12.4 Å². The number of halogens is 1. The molecule has 110 valence electrons. The van der Waals surface area contributed by atoms with Gasteiger partial charge in [-0.15, -0.1) is 0 Å². The van der Waals surface area contributed by atoms with Crippen LogP contribution in [0.4, 0.5) is 0 Å². The number of fused-ring (bicyclic) bond motifs is 1. The Balaban J connectivity index is 1.66. The first-order valence-corrected chi connectivity index (χ1v) is 7.69. The third-order valence-corrected chi connectivity index (χ3v) is 4.26. The van der Waals surface area contributed by atoms with E-state index in [4.69, 9.17) is 22.1 Å². The van der Waals surface area contributed by atoms with E-state index >= 15 is 0 Å². The third kappa shape index (κ3) is 3.36. The number of pyridine rings is 1. The fourth-order valence-electron chi connectivity index (χ4n) is 2.90. The van der Waals surface area contributed by atoms with Gasteiger partial charge in [0.05, 0.1) is 0 Å². The second-order valence-electron chi connectivity index (χ2n) is 5.48. The van der Waals surface area contributed by atoms with Gasteiger partial charge in [-0.3, -0.25) is 4.98 Å². The van der Waals surface area contributed by atoms with Gasteiger partial charge in [0.2, 0.25) is 0 Å². The van der Waals surface area contributed by atoms with E-state index in [1.807, 2.05) is 36.5 Å². The van der Waals surface area contributed by atoms with E-state index in [1.165, 1.54) is 5.56 Å². The van der Waals surface area contributed by atoms with Crippen molar-refractivity contribution in [2.45, 2.75) is 31.2 Å². The molecule has 1 aromatic carbocycles. The van der Waals surface area contributed by atoms with Crippen LogP contribution in [-0.2, 0) is 6.42 Å². The molecule has 3 nitrogen and oxygen atoms in total. The molecule has 3 rings (SSSR count). The van der Waals surface area contributed by atoms with E-state index < -0.39 is 0 Å². The number of ether oxygens (including phenoxy) is 1. The highest BCUT2D eigenvalue weighted by molar-refractivity contribution is 6.30. The van der Waals surface area contributed by atoms with Crippen LogP contribution in [0.3, 0.4) is 0 Å². The van der Waals surface area contributed by atoms with E-state index in [1.54, 1.807) is 0 Å². The number of rotatable bonds is 4. The van der Waals surface area contributed by atoms with Crippen molar-refractivity contribution >= 4 is 11.6 Å². The maximum absolute atomic E-state index is 6.35. The number of benzene rings is 1. The molecule has 1 aliphatic carbocycles. The molecule has 2 N–H and O–H groups in total. The van der Waals surface area contributed by atoms with Crippen LogP contribution in [0.15, 0.2) is 42.6 Å². The summed E-state index contributed by atoms with van der Waals surface area (Å²) >= 11 is 5.86. The summed E-state index contributed by atoms with van der Waals surface area (Å²) in [6.07, 6.45) is 5.20. The van der Waals surface area contributed by atoms with Crippen LogP contribution in [0.5, 0.6) is 5.75 Å². The van der Waals surface area contributed by atoms with E-state index in [0.717, 1.165) is 30.7 Å². The van der Waals surface area contributed by atoms with Gasteiger partial charge in [-0.1, -0.05) is 17.7 Å². The summed E-state index contributed by atoms with van der Waals surface area (Å²) in [6.45, 7) is 0.488. The molecule has 0 bridgehead atoms. The molecule has 2 atom stereocenters. The lowest BCUT2D eigenvalue weighted by Gasteiger charge is -2.29. The van der Waals surface area contributed by atoms with Gasteiger partial charge in [-0.05, 0) is 55.2 Å². The Kier molecular flexibility index (Phi) is 4.42. The van der Waals surface area contributed by atoms with E-state index in [9.17, 15) is 0 Å². The highest BCUT2D eigenvalue weighted by Crippen LogP contribution is 2.31. The number of hydrogen-bond donors (Lipinski definition) is 1. The molecule has 0 amide bonds. The SMILES string of the molecule is NC(COc1ccc(Cl)cc1)C1CCCc2cccnc21. The van der Waals surface area contributed by atoms with Crippen LogP contribution in [0.2, 0.25) is 5.02 Å². The summed E-state index contributed by atoms with van der Waals surface area (Å²) in [7, 11) is 0. The Morgan fingerprint density at radius 2 is 2.10 bits per heavy atom. The van der Waals surface area contributed by atoms with Gasteiger partial charge in [-0.25, -0.2) is 0 Å². The van der Waals surface area contributed by atoms with Gasteiger partial charge in [0.15, 0.2) is 0 Å². The van der Waals surface area contributed by atoms with Crippen LogP contribution in [0.25, 0.3) is 0 Å². The summed E-state index contributed by atoms with van der Waals surface area (Å²) in [5.74, 6) is 1.08. The van der Waals surface area contributed by atoms with Crippen LogP contribution < -0.4 is 10.5 Å². The Hall–Kier alpha value is -1.58. The van der Waals surface area contributed by atoms with Crippen molar-refractivity contribution in [3.05, 3.63) is 58.9 Å².